The van der Waals surface area contributed by atoms with Crippen molar-refractivity contribution in [3.05, 3.63) is 24.3 Å². The van der Waals surface area contributed by atoms with Gasteiger partial charge < -0.3 is 10.1 Å². The van der Waals surface area contributed by atoms with Crippen LogP contribution in [-0.4, -0.2) is 23.1 Å². The fraction of sp³-hybridized carbons (Fsp3) is 0.588. The van der Waals surface area contributed by atoms with Gasteiger partial charge in [-0.05, 0) is 49.9 Å². The van der Waals surface area contributed by atoms with Gasteiger partial charge in [0.1, 0.15) is 5.75 Å². The van der Waals surface area contributed by atoms with Crippen molar-refractivity contribution in [2.75, 3.05) is 11.1 Å². The number of amidine groups is 1. The van der Waals surface area contributed by atoms with Gasteiger partial charge in [-0.2, -0.15) is 0 Å². The molecule has 0 fully saturated rings. The molecule has 0 amide bonds. The molecule has 1 aromatic rings. The Morgan fingerprint density at radius 2 is 1.90 bits per heavy atom. The molecule has 0 spiro atoms. The number of nitrogens with one attached hydrogen (secondary N) is 1. The zero-order valence-electron chi connectivity index (χ0n) is 13.6. The zero-order chi connectivity index (χ0) is 15.5. The highest BCUT2D eigenvalue weighted by Gasteiger charge is 2.27. The van der Waals surface area contributed by atoms with Gasteiger partial charge in [-0.15, -0.1) is 0 Å². The Hall–Kier alpha value is -1.16. The summed E-state index contributed by atoms with van der Waals surface area (Å²) in [5.41, 5.74) is 1.29. The van der Waals surface area contributed by atoms with E-state index < -0.39 is 0 Å². The number of hydrogen-bond donors (Lipinski definition) is 1. The number of thioether (sulfide) groups is 1. The summed E-state index contributed by atoms with van der Waals surface area (Å²) in [5, 5.41) is 4.45. The van der Waals surface area contributed by atoms with Gasteiger partial charge in [-0.1, -0.05) is 32.5 Å². The lowest BCUT2D eigenvalue weighted by molar-refractivity contribution is 0.242. The van der Waals surface area contributed by atoms with Crippen LogP contribution in [0.15, 0.2) is 29.3 Å². The number of nitrogens with zero attached hydrogens (tertiary/aromatic N) is 1. The average Bonchev–Trinajstić information content (AvgIpc) is 2.40. The molecular formula is C17H26N2OS. The second-order valence-electron chi connectivity index (χ2n) is 6.77. The molecule has 1 unspecified atom stereocenters. The van der Waals surface area contributed by atoms with Crippen molar-refractivity contribution in [3.63, 3.8) is 0 Å². The predicted octanol–water partition coefficient (Wildman–Crippen LogP) is 4.79. The van der Waals surface area contributed by atoms with E-state index in [4.69, 9.17) is 9.73 Å². The lowest BCUT2D eigenvalue weighted by atomic mass is 9.85. The number of ether oxygens (including phenoxy) is 1. The van der Waals surface area contributed by atoms with Gasteiger partial charge in [0.25, 0.3) is 0 Å². The Balaban J connectivity index is 2.02. The molecule has 1 heterocycles. The number of anilines is 1. The lowest BCUT2D eigenvalue weighted by Crippen LogP contribution is -2.30. The van der Waals surface area contributed by atoms with E-state index in [9.17, 15) is 0 Å². The third kappa shape index (κ3) is 4.95. The molecule has 0 saturated heterocycles. The second-order valence-corrected chi connectivity index (χ2v) is 7.85. The van der Waals surface area contributed by atoms with Crippen LogP contribution in [0.3, 0.4) is 0 Å². The highest BCUT2D eigenvalue weighted by Crippen LogP contribution is 2.31. The van der Waals surface area contributed by atoms with Crippen LogP contribution in [0.4, 0.5) is 5.69 Å². The maximum Gasteiger partial charge on any atom is 0.161 e. The first-order valence-electron chi connectivity index (χ1n) is 7.59. The predicted molar refractivity (Wildman–Crippen MR) is 93.6 cm³/mol. The topological polar surface area (TPSA) is 33.6 Å². The highest BCUT2D eigenvalue weighted by atomic mass is 32.2. The van der Waals surface area contributed by atoms with Gasteiger partial charge in [0, 0.05) is 11.4 Å². The first-order chi connectivity index (χ1) is 9.84. The average molecular weight is 306 g/mol. The quantitative estimate of drug-likeness (QED) is 0.871. The fourth-order valence-corrected chi connectivity index (χ4v) is 3.14. The first-order valence-corrected chi connectivity index (χ1v) is 8.57. The number of rotatable bonds is 3. The molecule has 0 radical (unpaired) electrons. The molecular weight excluding hydrogens is 280 g/mol. The molecule has 1 atom stereocenters. The number of hydrogen-bond acceptors (Lipinski definition) is 4. The van der Waals surface area contributed by atoms with Gasteiger partial charge in [-0.25, -0.2) is 0 Å². The number of aliphatic imine (C=N–C) groups is 1. The van der Waals surface area contributed by atoms with Crippen LogP contribution in [-0.2, 0) is 0 Å². The lowest BCUT2D eigenvalue weighted by Gasteiger charge is -2.31. The monoisotopic (exact) mass is 306 g/mol. The molecule has 1 aliphatic heterocycles. The summed E-state index contributed by atoms with van der Waals surface area (Å²) in [6.07, 6.45) is 1.36. The van der Waals surface area contributed by atoms with Crippen LogP contribution in [0.25, 0.3) is 0 Å². The molecule has 1 aromatic carbocycles. The minimum Gasteiger partial charge on any atom is -0.491 e. The zero-order valence-corrected chi connectivity index (χ0v) is 14.5. The minimum absolute atomic E-state index is 0.203. The highest BCUT2D eigenvalue weighted by molar-refractivity contribution is 8.14. The molecule has 116 valence electrons. The van der Waals surface area contributed by atoms with E-state index in [0.717, 1.165) is 28.8 Å². The van der Waals surface area contributed by atoms with Gasteiger partial charge in [0.15, 0.2) is 5.17 Å². The summed E-state index contributed by atoms with van der Waals surface area (Å²) in [6.45, 7) is 10.8. The van der Waals surface area contributed by atoms with E-state index in [0.29, 0.717) is 6.04 Å². The molecule has 0 bridgehead atoms. The largest absolute Gasteiger partial charge is 0.491 e. The van der Waals surface area contributed by atoms with Crippen molar-refractivity contribution in [1.29, 1.82) is 0 Å². The van der Waals surface area contributed by atoms with Crippen molar-refractivity contribution in [2.24, 2.45) is 10.4 Å². The maximum atomic E-state index is 5.66. The van der Waals surface area contributed by atoms with Gasteiger partial charge in [0.2, 0.25) is 0 Å². The Labute approximate surface area is 132 Å². The fourth-order valence-electron chi connectivity index (χ4n) is 2.22. The van der Waals surface area contributed by atoms with E-state index in [1.54, 1.807) is 11.8 Å². The van der Waals surface area contributed by atoms with E-state index in [1.165, 1.54) is 0 Å². The summed E-state index contributed by atoms with van der Waals surface area (Å²) in [4.78, 5) is 4.86. The molecule has 21 heavy (non-hydrogen) atoms. The molecule has 0 aromatic heterocycles. The Morgan fingerprint density at radius 3 is 2.48 bits per heavy atom. The normalized spacial score (nSPS) is 19.3. The maximum absolute atomic E-state index is 5.66. The summed E-state index contributed by atoms with van der Waals surface area (Å²) < 4.78 is 5.66. The second kappa shape index (κ2) is 6.73. The first kappa shape index (κ1) is 16.2. The van der Waals surface area contributed by atoms with Crippen molar-refractivity contribution >= 4 is 22.6 Å². The SMILES string of the molecule is CC(C)Oc1ccc(NC2=NC(C(C)(C)C)CCS2)cc1. The summed E-state index contributed by atoms with van der Waals surface area (Å²) in [7, 11) is 0. The molecule has 0 aliphatic carbocycles. The van der Waals surface area contributed by atoms with Gasteiger partial charge >= 0.3 is 0 Å². The molecule has 3 nitrogen and oxygen atoms in total. The van der Waals surface area contributed by atoms with E-state index in [-0.39, 0.29) is 11.5 Å². The molecule has 1 aliphatic rings. The standard InChI is InChI=1S/C17H26N2OS/c1-12(2)20-14-8-6-13(7-9-14)18-16-19-15(10-11-21-16)17(3,4)5/h6-9,12,15H,10-11H2,1-5H3,(H,18,19). The van der Waals surface area contributed by atoms with Gasteiger partial charge in [0.05, 0.1) is 12.1 Å². The van der Waals surface area contributed by atoms with Crippen LogP contribution in [0.5, 0.6) is 5.75 Å². The van der Waals surface area contributed by atoms with Crippen LogP contribution in [0.1, 0.15) is 41.0 Å². The number of benzene rings is 1. The van der Waals surface area contributed by atoms with Crippen LogP contribution in [0.2, 0.25) is 0 Å². The summed E-state index contributed by atoms with van der Waals surface area (Å²) in [6, 6.07) is 8.47. The minimum atomic E-state index is 0.203. The van der Waals surface area contributed by atoms with Crippen molar-refractivity contribution in [3.8, 4) is 5.75 Å². The van der Waals surface area contributed by atoms with Crippen LogP contribution < -0.4 is 10.1 Å². The van der Waals surface area contributed by atoms with E-state index >= 15 is 0 Å². The van der Waals surface area contributed by atoms with E-state index in [1.807, 2.05) is 38.1 Å². The molecule has 1 N–H and O–H groups in total. The van der Waals surface area contributed by atoms with Crippen molar-refractivity contribution < 1.29 is 4.74 Å². The van der Waals surface area contributed by atoms with Crippen molar-refractivity contribution in [1.82, 2.24) is 0 Å². The van der Waals surface area contributed by atoms with Gasteiger partial charge in [-0.3, -0.25) is 4.99 Å². The van der Waals surface area contributed by atoms with Crippen LogP contribution >= 0.6 is 11.8 Å². The Morgan fingerprint density at radius 1 is 1.24 bits per heavy atom. The smallest absolute Gasteiger partial charge is 0.161 e. The van der Waals surface area contributed by atoms with Crippen LogP contribution in [0, 0.1) is 5.41 Å². The third-order valence-electron chi connectivity index (χ3n) is 3.38. The third-order valence-corrected chi connectivity index (χ3v) is 4.30. The van der Waals surface area contributed by atoms with E-state index in [2.05, 4.69) is 26.1 Å². The molecule has 4 heteroatoms. The van der Waals surface area contributed by atoms with Crippen molar-refractivity contribution in [2.45, 2.75) is 53.2 Å². The molecule has 0 saturated carbocycles. The Kier molecular flexibility index (Phi) is 5.20. The Bertz CT molecular complexity index is 489. The summed E-state index contributed by atoms with van der Waals surface area (Å²) >= 11 is 1.80. The molecule has 2 rings (SSSR count). The summed E-state index contributed by atoms with van der Waals surface area (Å²) in [5.74, 6) is 2.03.